The molecule has 1 aliphatic rings. The van der Waals surface area contributed by atoms with Crippen LogP contribution in [0.4, 0.5) is 0 Å². The summed E-state index contributed by atoms with van der Waals surface area (Å²) in [6.45, 7) is 2.58. The predicted molar refractivity (Wildman–Crippen MR) is 79.3 cm³/mol. The van der Waals surface area contributed by atoms with Crippen LogP contribution in [0.3, 0.4) is 0 Å². The highest BCUT2D eigenvalue weighted by atomic mass is 32.1. The third kappa shape index (κ3) is 3.08. The normalized spacial score (nSPS) is 20.4. The molecule has 1 unspecified atom stereocenters. The highest BCUT2D eigenvalue weighted by molar-refractivity contribution is 7.13. The Balaban J connectivity index is 1.67. The third-order valence-electron chi connectivity index (χ3n) is 3.80. The van der Waals surface area contributed by atoms with Gasteiger partial charge < -0.3 is 10.3 Å². The maximum absolute atomic E-state index is 5.71. The summed E-state index contributed by atoms with van der Waals surface area (Å²) >= 11 is 1.63. The Morgan fingerprint density at radius 3 is 3.20 bits per heavy atom. The second kappa shape index (κ2) is 6.47. The molecule has 0 saturated carbocycles. The second-order valence-electron chi connectivity index (χ2n) is 5.19. The van der Waals surface area contributed by atoms with Crippen LogP contribution in [0.1, 0.15) is 31.6 Å². The highest BCUT2D eigenvalue weighted by Crippen LogP contribution is 2.24. The van der Waals surface area contributed by atoms with E-state index in [1.807, 2.05) is 17.5 Å². The van der Waals surface area contributed by atoms with Crippen molar-refractivity contribution in [2.45, 2.75) is 38.3 Å². The lowest BCUT2D eigenvalue weighted by Gasteiger charge is -2.34. The van der Waals surface area contributed by atoms with Gasteiger partial charge in [-0.15, -0.1) is 11.3 Å². The largest absolute Gasteiger partial charge is 0.338 e. The minimum atomic E-state index is 0.561. The smallest absolute Gasteiger partial charge is 0.241 e. The van der Waals surface area contributed by atoms with Crippen molar-refractivity contribution in [2.75, 3.05) is 13.1 Å². The molecule has 20 heavy (non-hydrogen) atoms. The first-order valence-corrected chi connectivity index (χ1v) is 8.05. The molecule has 108 valence electrons. The molecule has 0 aromatic carbocycles. The summed E-state index contributed by atoms with van der Waals surface area (Å²) in [7, 11) is 0. The standard InChI is InChI=1S/C14H20N4OS/c15-7-6-11-4-1-2-8-18(11)10-13-16-14(17-19-13)12-5-3-9-20-12/h3,5,9,11H,1-2,4,6-8,10,15H2. The molecule has 2 aromatic rings. The van der Waals surface area contributed by atoms with Gasteiger partial charge in [0.25, 0.3) is 0 Å². The average molecular weight is 292 g/mol. The number of thiophene rings is 1. The third-order valence-corrected chi connectivity index (χ3v) is 4.66. The van der Waals surface area contributed by atoms with Gasteiger partial charge in [0.15, 0.2) is 0 Å². The van der Waals surface area contributed by atoms with E-state index in [4.69, 9.17) is 10.3 Å². The van der Waals surface area contributed by atoms with Gasteiger partial charge in [-0.2, -0.15) is 4.98 Å². The predicted octanol–water partition coefficient (Wildman–Crippen LogP) is 2.50. The Morgan fingerprint density at radius 1 is 1.45 bits per heavy atom. The summed E-state index contributed by atoms with van der Waals surface area (Å²) in [6, 6.07) is 4.57. The average Bonchev–Trinajstić information content (AvgIpc) is 3.12. The van der Waals surface area contributed by atoms with Crippen molar-refractivity contribution in [2.24, 2.45) is 5.73 Å². The Labute approximate surface area is 122 Å². The van der Waals surface area contributed by atoms with Crippen molar-refractivity contribution in [1.29, 1.82) is 0 Å². The Hall–Kier alpha value is -1.24. The SMILES string of the molecule is NCCC1CCCCN1Cc1nc(-c2cccs2)no1. The molecule has 0 amide bonds. The molecule has 3 heterocycles. The van der Waals surface area contributed by atoms with Gasteiger partial charge in [0, 0.05) is 6.04 Å². The fourth-order valence-corrected chi connectivity index (χ4v) is 3.44. The first-order valence-electron chi connectivity index (χ1n) is 7.17. The van der Waals surface area contributed by atoms with Crippen LogP contribution in [-0.2, 0) is 6.54 Å². The molecule has 2 N–H and O–H groups in total. The monoisotopic (exact) mass is 292 g/mol. The summed E-state index contributed by atoms with van der Waals surface area (Å²) in [4.78, 5) is 7.99. The molecule has 0 radical (unpaired) electrons. The van der Waals surface area contributed by atoms with Crippen molar-refractivity contribution >= 4 is 11.3 Å². The Kier molecular flexibility index (Phi) is 4.44. The van der Waals surface area contributed by atoms with E-state index >= 15 is 0 Å². The summed E-state index contributed by atoms with van der Waals surface area (Å²) in [5.41, 5.74) is 5.71. The number of aromatic nitrogens is 2. The van der Waals surface area contributed by atoms with Crippen molar-refractivity contribution < 1.29 is 4.52 Å². The zero-order valence-corrected chi connectivity index (χ0v) is 12.3. The summed E-state index contributed by atoms with van der Waals surface area (Å²) in [5, 5.41) is 6.09. The molecule has 1 atom stereocenters. The van der Waals surface area contributed by atoms with E-state index in [1.54, 1.807) is 11.3 Å². The van der Waals surface area contributed by atoms with E-state index in [2.05, 4.69) is 15.0 Å². The quantitative estimate of drug-likeness (QED) is 0.917. The second-order valence-corrected chi connectivity index (χ2v) is 6.13. The summed E-state index contributed by atoms with van der Waals surface area (Å²) in [6.07, 6.45) is 4.81. The van der Waals surface area contributed by atoms with Crippen molar-refractivity contribution in [3.8, 4) is 10.7 Å². The lowest BCUT2D eigenvalue weighted by atomic mass is 9.99. The van der Waals surface area contributed by atoms with Crippen LogP contribution in [0.2, 0.25) is 0 Å². The molecule has 0 aliphatic carbocycles. The number of rotatable bonds is 5. The van der Waals surface area contributed by atoms with Gasteiger partial charge in [-0.25, -0.2) is 0 Å². The first-order chi connectivity index (χ1) is 9.86. The van der Waals surface area contributed by atoms with E-state index in [-0.39, 0.29) is 0 Å². The van der Waals surface area contributed by atoms with Crippen LogP contribution in [0.5, 0.6) is 0 Å². The number of piperidine rings is 1. The topological polar surface area (TPSA) is 68.2 Å². The number of hydrogen-bond donors (Lipinski definition) is 1. The Morgan fingerprint density at radius 2 is 2.40 bits per heavy atom. The van der Waals surface area contributed by atoms with Crippen molar-refractivity contribution in [3.05, 3.63) is 23.4 Å². The molecular weight excluding hydrogens is 272 g/mol. The fourth-order valence-electron chi connectivity index (χ4n) is 2.79. The lowest BCUT2D eigenvalue weighted by molar-refractivity contribution is 0.118. The number of nitrogens with zero attached hydrogens (tertiary/aromatic N) is 3. The van der Waals surface area contributed by atoms with E-state index in [1.165, 1.54) is 19.3 Å². The number of hydrogen-bond acceptors (Lipinski definition) is 6. The zero-order chi connectivity index (χ0) is 13.8. The van der Waals surface area contributed by atoms with Gasteiger partial charge in [0.05, 0.1) is 11.4 Å². The van der Waals surface area contributed by atoms with Crippen LogP contribution < -0.4 is 5.73 Å². The molecule has 0 spiro atoms. The van der Waals surface area contributed by atoms with E-state index in [9.17, 15) is 0 Å². The van der Waals surface area contributed by atoms with Gasteiger partial charge in [0.2, 0.25) is 11.7 Å². The Bertz CT molecular complexity index is 523. The van der Waals surface area contributed by atoms with Gasteiger partial charge in [0.1, 0.15) is 0 Å². The van der Waals surface area contributed by atoms with Crippen LogP contribution in [0.15, 0.2) is 22.0 Å². The molecule has 5 nitrogen and oxygen atoms in total. The maximum atomic E-state index is 5.71. The van der Waals surface area contributed by atoms with E-state index in [0.29, 0.717) is 17.8 Å². The maximum Gasteiger partial charge on any atom is 0.241 e. The van der Waals surface area contributed by atoms with E-state index in [0.717, 1.165) is 30.9 Å². The van der Waals surface area contributed by atoms with Gasteiger partial charge in [-0.3, -0.25) is 4.90 Å². The van der Waals surface area contributed by atoms with Gasteiger partial charge in [-0.1, -0.05) is 17.6 Å². The molecule has 2 aromatic heterocycles. The van der Waals surface area contributed by atoms with Gasteiger partial charge >= 0.3 is 0 Å². The highest BCUT2D eigenvalue weighted by Gasteiger charge is 2.23. The van der Waals surface area contributed by atoms with Crippen LogP contribution >= 0.6 is 11.3 Å². The zero-order valence-electron chi connectivity index (χ0n) is 11.5. The van der Waals surface area contributed by atoms with Crippen LogP contribution in [0.25, 0.3) is 10.7 Å². The molecule has 0 bridgehead atoms. The van der Waals surface area contributed by atoms with Crippen LogP contribution in [0, 0.1) is 0 Å². The minimum absolute atomic E-state index is 0.561. The molecule has 1 saturated heterocycles. The fraction of sp³-hybridized carbons (Fsp3) is 0.571. The summed E-state index contributed by atoms with van der Waals surface area (Å²) < 4.78 is 5.39. The molecule has 1 aliphatic heterocycles. The van der Waals surface area contributed by atoms with Crippen molar-refractivity contribution in [3.63, 3.8) is 0 Å². The molecular formula is C14H20N4OS. The van der Waals surface area contributed by atoms with Crippen molar-refractivity contribution in [1.82, 2.24) is 15.0 Å². The van der Waals surface area contributed by atoms with Gasteiger partial charge in [-0.05, 0) is 43.8 Å². The molecule has 6 heteroatoms. The molecule has 1 fully saturated rings. The first kappa shape index (κ1) is 13.7. The minimum Gasteiger partial charge on any atom is -0.338 e. The lowest BCUT2D eigenvalue weighted by Crippen LogP contribution is -2.40. The summed E-state index contributed by atoms with van der Waals surface area (Å²) in [5.74, 6) is 1.40. The van der Waals surface area contributed by atoms with E-state index < -0.39 is 0 Å². The molecule has 3 rings (SSSR count). The number of likely N-dealkylation sites (tertiary alicyclic amines) is 1. The van der Waals surface area contributed by atoms with Crippen LogP contribution in [-0.4, -0.2) is 34.2 Å². The number of nitrogens with two attached hydrogens (primary N) is 1.